The summed E-state index contributed by atoms with van der Waals surface area (Å²) in [6.45, 7) is 16.4. The number of methoxy groups -OCH3 is 2. The van der Waals surface area contributed by atoms with Crippen LogP contribution in [0, 0.1) is 29.6 Å². The number of allylic oxidation sites excluding steroid dienone is 6. The summed E-state index contributed by atoms with van der Waals surface area (Å²) in [5, 5.41) is 51.7. The number of rotatable bonds is 31. The molecule has 2 bridgehead atoms. The SMILES string of the molecule is CO[C@H]1C[C@@H]2CC[C@@H](C)[C@@](O)(O2)C(=O)C(=O)N2CCCC[C@H]2C(=O)O[C@H]([C@H](N)C[C@@H]2CC[C@@H](OCc3cccc(-c4cnc(N5CCN(C(=O)CCc6cn(CCOCCOCCOCCC(=O)NCCCCn7nc(-c8ccc9oc(N)nc9c8)c8c(N)ncnc87)nn6)CC5)nc4)c3)[C@H](OC)C2)CC(=O)[C@H](C)/C=C(\C)[C@@H](O)[C@@H](O)C(=O)[C@H](C)C[C@H](C)/C=C/C=CC=C1C. The van der Waals surface area contributed by atoms with Crippen LogP contribution in [0.1, 0.15) is 156 Å². The number of benzene rings is 2. The van der Waals surface area contributed by atoms with Crippen LogP contribution in [-0.4, -0.2) is 270 Å². The van der Waals surface area contributed by atoms with Crippen LogP contribution in [-0.2, 0) is 97.6 Å². The molecule has 5 aliphatic rings. The number of nitrogens with two attached hydrogens (primary N) is 3. The molecule has 12 rings (SSSR count). The van der Waals surface area contributed by atoms with Gasteiger partial charge in [0, 0.05) is 146 Å². The van der Waals surface area contributed by atoms with Crippen LogP contribution in [0.2, 0.25) is 0 Å². The number of carbonyl (C=O) groups excluding carboxylic acids is 7. The first kappa shape index (κ1) is 98.5. The highest BCUT2D eigenvalue weighted by atomic mass is 16.6. The Morgan fingerprint density at radius 1 is 0.754 bits per heavy atom. The number of aromatic nitrogens is 10. The van der Waals surface area contributed by atoms with Crippen LogP contribution in [0.5, 0.6) is 0 Å². The minimum atomic E-state index is -2.50. The third kappa shape index (κ3) is 26.5. The second kappa shape index (κ2) is 47.5. The van der Waals surface area contributed by atoms with Gasteiger partial charge in [0.2, 0.25) is 23.5 Å². The summed E-state index contributed by atoms with van der Waals surface area (Å²) in [6.07, 6.45) is 18.0. The molecule has 130 heavy (non-hydrogen) atoms. The van der Waals surface area contributed by atoms with E-state index in [1.165, 1.54) is 19.3 Å². The number of ketones is 3. The summed E-state index contributed by atoms with van der Waals surface area (Å²) in [5.41, 5.74) is 26.7. The van der Waals surface area contributed by atoms with Gasteiger partial charge in [-0.05, 0) is 149 Å². The Kier molecular flexibility index (Phi) is 36.0. The normalized spacial score (nSPS) is 26.2. The maximum absolute atomic E-state index is 14.8. The van der Waals surface area contributed by atoms with Crippen LogP contribution in [0.25, 0.3) is 44.5 Å². The number of cyclic esters (lactones) is 1. The fourth-order valence-electron chi connectivity index (χ4n) is 17.7. The predicted octanol–water partition coefficient (Wildman–Crippen LogP) is 7.92. The Bertz CT molecular complexity index is 5080. The van der Waals surface area contributed by atoms with Gasteiger partial charge in [-0.1, -0.05) is 87.6 Å². The standard InChI is InChI=1S/C94H129N17O19/c1-58-17-10-9-11-18-59(2)77(122-7)51-70-26-22-63(6)94(121,130-70)87(118)90(119)110-32-14-12-21-73(110)91(120)128-78(52-74(112)60(3)46-62(5)85(116)86(117)84(115)61(4)45-58)71(95)48-64-23-27-76(79(49-64)123-8)127-56-65-19-16-20-66(47-65)68-53-99-93(100-54-68)108-36-34-107(35-37-108)81(114)29-25-69-55-109(106-104-69)38-40-125-42-44-126-43-41-124-39-30-80(113)98-31-13-15-33-111-89-82(88(96)101-57-102-89)83(105-111)67-24-28-75-72(50-67)103-92(97)129-75/h9-11,16-20,24,28,46-47,50,53-55,57-58,60-61,63-64,70-71,73,76-79,85-86,116-117,121H,12-15,21-23,25-27,29-45,48-49,51-52,56,95H2,1-8H3,(H2,97,103)(H,98,113)(H2,96,101,102)/b11-9?,17-10+,59-18?,62-46+/t58-,60-,61-,63-,64+,70+,71-,73+,76-,77+,78+,79-,85-,86+,94-/m1/s1. The number of piperazine rings is 1. The highest BCUT2D eigenvalue weighted by Gasteiger charge is 2.53. The van der Waals surface area contributed by atoms with Gasteiger partial charge >= 0.3 is 5.97 Å². The van der Waals surface area contributed by atoms with Crippen molar-refractivity contribution in [3.05, 3.63) is 126 Å². The van der Waals surface area contributed by atoms with Crippen molar-refractivity contribution < 1.29 is 91.2 Å². The monoisotopic (exact) mass is 1800 g/mol. The summed E-state index contributed by atoms with van der Waals surface area (Å²) in [4.78, 5) is 125. The molecule has 0 unspecified atom stereocenters. The molecule has 7 aromatic rings. The minimum Gasteiger partial charge on any atom is -0.459 e. The number of unbranched alkanes of at least 4 members (excludes halogenated alkanes) is 1. The van der Waals surface area contributed by atoms with Gasteiger partial charge in [-0.2, -0.15) is 10.1 Å². The van der Waals surface area contributed by atoms with E-state index in [1.807, 2.05) is 91.7 Å². The van der Waals surface area contributed by atoms with Crippen molar-refractivity contribution in [2.45, 2.75) is 231 Å². The molecule has 9 heterocycles. The van der Waals surface area contributed by atoms with E-state index < -0.39 is 95.4 Å². The summed E-state index contributed by atoms with van der Waals surface area (Å²) < 4.78 is 57.1. The summed E-state index contributed by atoms with van der Waals surface area (Å²) in [5.74, 6) is -8.25. The Morgan fingerprint density at radius 2 is 1.52 bits per heavy atom. The molecular formula is C94H129N17O19. The first-order valence-electron chi connectivity index (χ1n) is 45.6. The van der Waals surface area contributed by atoms with Gasteiger partial charge in [0.15, 0.2) is 17.0 Å². The molecule has 4 fully saturated rings. The molecule has 36 heteroatoms. The Balaban J connectivity index is 0.546. The smallest absolute Gasteiger partial charge is 0.329 e. The van der Waals surface area contributed by atoms with Gasteiger partial charge in [-0.15, -0.1) is 5.10 Å². The van der Waals surface area contributed by atoms with E-state index in [9.17, 15) is 48.9 Å². The lowest BCUT2D eigenvalue weighted by molar-refractivity contribution is -0.265. The number of fused-ring (bicyclic) bond motifs is 5. The number of aliphatic hydroxyl groups is 3. The first-order chi connectivity index (χ1) is 62.6. The molecule has 3 amide bonds. The summed E-state index contributed by atoms with van der Waals surface area (Å²) in [7, 11) is 3.19. The van der Waals surface area contributed by atoms with E-state index in [-0.39, 0.29) is 99.3 Å². The Morgan fingerprint density at radius 3 is 2.29 bits per heavy atom. The summed E-state index contributed by atoms with van der Waals surface area (Å²) >= 11 is 0. The van der Waals surface area contributed by atoms with Gasteiger partial charge in [0.25, 0.3) is 17.7 Å². The zero-order valence-electron chi connectivity index (χ0n) is 75.9. The first-order valence-corrected chi connectivity index (χ1v) is 45.6. The molecule has 3 saturated heterocycles. The average molecular weight is 1800 g/mol. The maximum Gasteiger partial charge on any atom is 0.329 e. The number of oxazole rings is 1. The molecule has 1 aliphatic carbocycles. The third-order valence-corrected chi connectivity index (χ3v) is 25.5. The number of esters is 1. The second-order valence-electron chi connectivity index (χ2n) is 35.1. The number of nitrogens with one attached hydrogen (secondary N) is 1. The molecule has 0 spiro atoms. The van der Waals surface area contributed by atoms with Crippen molar-refractivity contribution in [2.75, 3.05) is 109 Å². The van der Waals surface area contributed by atoms with Gasteiger partial charge < -0.3 is 94.8 Å². The Hall–Kier alpha value is -10.5. The van der Waals surface area contributed by atoms with Crippen molar-refractivity contribution in [3.8, 4) is 22.4 Å². The number of hydrogen-bond acceptors (Lipinski definition) is 31. The molecule has 2 aromatic carbocycles. The molecule has 36 nitrogen and oxygen atoms in total. The quantitative estimate of drug-likeness (QED) is 0.00938. The number of Topliss-reactive ketones (excluding diaryl/α,β-unsaturated/α-hetero) is 3. The number of nitrogens with zero attached hydrogens (tertiary/aromatic N) is 13. The fourth-order valence-corrected chi connectivity index (χ4v) is 17.7. The van der Waals surface area contributed by atoms with Crippen LogP contribution >= 0.6 is 0 Å². The summed E-state index contributed by atoms with van der Waals surface area (Å²) in [6, 6.07) is 11.4. The van der Waals surface area contributed by atoms with E-state index in [1.54, 1.807) is 62.8 Å². The number of aryl methyl sites for hydroxylation is 2. The van der Waals surface area contributed by atoms with Gasteiger partial charge in [-0.3, -0.25) is 28.8 Å². The largest absolute Gasteiger partial charge is 0.459 e. The average Bonchev–Trinajstić information content (AvgIpc) is 1.39. The fraction of sp³-hybridized carbons (Fsp3) is 0.585. The number of carbonyl (C=O) groups is 7. The van der Waals surface area contributed by atoms with E-state index in [0.29, 0.717) is 188 Å². The van der Waals surface area contributed by atoms with Crippen molar-refractivity contribution in [2.24, 2.45) is 35.3 Å². The number of nitrogen functional groups attached to an aromatic ring is 2. The van der Waals surface area contributed by atoms with Crippen LogP contribution in [0.4, 0.5) is 17.8 Å². The number of ether oxygens (including phenoxy) is 8. The van der Waals surface area contributed by atoms with E-state index in [2.05, 4.69) is 35.5 Å². The molecule has 4 aliphatic heterocycles. The Labute approximate surface area is 757 Å². The van der Waals surface area contributed by atoms with Crippen molar-refractivity contribution in [1.82, 2.24) is 64.8 Å². The number of amides is 3. The molecule has 5 aromatic heterocycles. The molecule has 704 valence electrons. The minimum absolute atomic E-state index is 0.0134. The number of hydrogen-bond donors (Lipinski definition) is 7. The van der Waals surface area contributed by atoms with Crippen molar-refractivity contribution in [3.63, 3.8) is 0 Å². The predicted molar refractivity (Wildman–Crippen MR) is 483 cm³/mol. The van der Waals surface area contributed by atoms with Crippen molar-refractivity contribution in [1.29, 1.82) is 0 Å². The maximum atomic E-state index is 14.8. The lowest BCUT2D eigenvalue weighted by atomic mass is 9.80. The number of anilines is 3. The number of piperidine rings is 1. The highest BCUT2D eigenvalue weighted by Crippen LogP contribution is 2.39. The zero-order valence-corrected chi connectivity index (χ0v) is 75.9. The van der Waals surface area contributed by atoms with Gasteiger partial charge in [-0.25, -0.2) is 34.1 Å². The molecule has 15 atom stereocenters. The van der Waals surface area contributed by atoms with Crippen LogP contribution in [0.3, 0.4) is 0 Å². The van der Waals surface area contributed by atoms with Crippen LogP contribution < -0.4 is 27.4 Å². The topological polar surface area (TPSA) is 480 Å². The molecular weight excluding hydrogens is 1670 g/mol. The third-order valence-electron chi connectivity index (χ3n) is 25.5. The van der Waals surface area contributed by atoms with E-state index >= 15 is 0 Å². The van der Waals surface area contributed by atoms with E-state index in [4.69, 9.17) is 74.6 Å². The lowest BCUT2D eigenvalue weighted by Gasteiger charge is -2.42. The highest BCUT2D eigenvalue weighted by molar-refractivity contribution is 6.39. The van der Waals surface area contributed by atoms with E-state index in [0.717, 1.165) is 45.6 Å². The number of aliphatic hydroxyl groups excluding tert-OH is 2. The van der Waals surface area contributed by atoms with Crippen LogP contribution in [0.15, 0.2) is 119 Å². The van der Waals surface area contributed by atoms with Gasteiger partial charge in [0.1, 0.15) is 53.5 Å². The molecule has 0 radical (unpaired) electrons. The molecule has 1 saturated carbocycles. The zero-order chi connectivity index (χ0) is 92.5. The van der Waals surface area contributed by atoms with Gasteiger partial charge in [0.05, 0.1) is 88.3 Å². The lowest BCUT2D eigenvalue weighted by Crippen LogP contribution is -2.61. The second-order valence-corrected chi connectivity index (χ2v) is 35.1. The molecule has 10 N–H and O–H groups in total. The van der Waals surface area contributed by atoms with Crippen molar-refractivity contribution >= 4 is 81.0 Å².